The number of fused-ring (bicyclic) bond motifs is 2. The molecule has 2 rings (SSSR count). The Morgan fingerprint density at radius 3 is 2.62 bits per heavy atom. The molecule has 2 aliphatic rings. The Bertz CT molecular complexity index is 217. The highest BCUT2D eigenvalue weighted by molar-refractivity contribution is 5.73. The van der Waals surface area contributed by atoms with Crippen molar-refractivity contribution in [3.8, 4) is 0 Å². The van der Waals surface area contributed by atoms with Gasteiger partial charge in [0.2, 0.25) is 0 Å². The lowest BCUT2D eigenvalue weighted by atomic mass is 9.82. The summed E-state index contributed by atoms with van der Waals surface area (Å²) in [7, 11) is 1.48. The average molecular weight is 183 g/mol. The lowest BCUT2D eigenvalue weighted by Gasteiger charge is -2.25. The quantitative estimate of drug-likeness (QED) is 0.644. The molecule has 0 aromatic heterocycles. The van der Waals surface area contributed by atoms with Gasteiger partial charge in [0.25, 0.3) is 0 Å². The molecule has 0 aromatic rings. The number of methoxy groups -OCH3 is 1. The van der Waals surface area contributed by atoms with Gasteiger partial charge in [-0.25, -0.2) is 0 Å². The molecule has 2 bridgehead atoms. The molecule has 2 fully saturated rings. The molecule has 0 aromatic carbocycles. The van der Waals surface area contributed by atoms with Crippen molar-refractivity contribution in [2.45, 2.75) is 19.3 Å². The predicted octanol–water partition coefficient (Wildman–Crippen LogP) is 0.780. The van der Waals surface area contributed by atoms with Crippen LogP contribution in [0.15, 0.2) is 0 Å². The summed E-state index contributed by atoms with van der Waals surface area (Å²) in [4.78, 5) is 11.3. The maximum absolute atomic E-state index is 11.3. The normalized spacial score (nSPS) is 42.3. The van der Waals surface area contributed by atoms with Gasteiger partial charge in [-0.05, 0) is 43.6 Å². The fourth-order valence-electron chi connectivity index (χ4n) is 3.12. The number of hydrogen-bond acceptors (Lipinski definition) is 3. The highest BCUT2D eigenvalue weighted by Crippen LogP contribution is 2.51. The van der Waals surface area contributed by atoms with Crippen molar-refractivity contribution in [1.82, 2.24) is 0 Å². The fourth-order valence-corrected chi connectivity index (χ4v) is 3.12. The molecule has 13 heavy (non-hydrogen) atoms. The van der Waals surface area contributed by atoms with Crippen molar-refractivity contribution < 1.29 is 9.53 Å². The zero-order chi connectivity index (χ0) is 9.42. The van der Waals surface area contributed by atoms with Crippen LogP contribution in [0.1, 0.15) is 19.3 Å². The number of ether oxygens (including phenoxy) is 1. The molecule has 2 saturated carbocycles. The first-order valence-electron chi connectivity index (χ1n) is 5.04. The summed E-state index contributed by atoms with van der Waals surface area (Å²) in [6.07, 6.45) is 3.35. The second-order valence-electron chi connectivity index (χ2n) is 4.35. The van der Waals surface area contributed by atoms with Gasteiger partial charge in [-0.1, -0.05) is 0 Å². The Morgan fingerprint density at radius 2 is 2.15 bits per heavy atom. The van der Waals surface area contributed by atoms with E-state index in [4.69, 9.17) is 10.5 Å². The minimum atomic E-state index is -0.0111. The van der Waals surface area contributed by atoms with E-state index < -0.39 is 0 Å². The summed E-state index contributed by atoms with van der Waals surface area (Å²) >= 11 is 0. The Labute approximate surface area is 78.6 Å². The number of esters is 1. The van der Waals surface area contributed by atoms with E-state index in [2.05, 4.69) is 0 Å². The van der Waals surface area contributed by atoms with Crippen molar-refractivity contribution in [2.24, 2.45) is 29.4 Å². The third kappa shape index (κ3) is 1.35. The molecule has 0 spiro atoms. The number of carbonyl (C=O) groups is 1. The molecule has 0 saturated heterocycles. The predicted molar refractivity (Wildman–Crippen MR) is 48.9 cm³/mol. The third-order valence-electron chi connectivity index (χ3n) is 3.81. The maximum Gasteiger partial charge on any atom is 0.308 e. The molecule has 74 valence electrons. The molecule has 4 atom stereocenters. The Hall–Kier alpha value is -0.570. The van der Waals surface area contributed by atoms with Crippen LogP contribution in [-0.4, -0.2) is 19.6 Å². The van der Waals surface area contributed by atoms with Crippen molar-refractivity contribution in [3.05, 3.63) is 0 Å². The van der Waals surface area contributed by atoms with Gasteiger partial charge in [-0.3, -0.25) is 4.79 Å². The van der Waals surface area contributed by atoms with E-state index in [1.165, 1.54) is 13.5 Å². The first-order valence-corrected chi connectivity index (χ1v) is 5.04. The van der Waals surface area contributed by atoms with Crippen LogP contribution < -0.4 is 5.73 Å². The summed E-state index contributed by atoms with van der Waals surface area (Å²) < 4.78 is 4.79. The van der Waals surface area contributed by atoms with Crippen molar-refractivity contribution in [1.29, 1.82) is 0 Å². The molecule has 0 amide bonds. The zero-order valence-corrected chi connectivity index (χ0v) is 8.03. The van der Waals surface area contributed by atoms with Crippen LogP contribution in [0.25, 0.3) is 0 Å². The Morgan fingerprint density at radius 1 is 1.38 bits per heavy atom. The smallest absolute Gasteiger partial charge is 0.308 e. The van der Waals surface area contributed by atoms with E-state index >= 15 is 0 Å². The summed E-state index contributed by atoms with van der Waals surface area (Å²) in [5.41, 5.74) is 5.66. The molecule has 4 unspecified atom stereocenters. The van der Waals surface area contributed by atoms with Crippen molar-refractivity contribution in [2.75, 3.05) is 13.7 Å². The molecule has 2 N–H and O–H groups in total. The van der Waals surface area contributed by atoms with Gasteiger partial charge in [0.15, 0.2) is 0 Å². The van der Waals surface area contributed by atoms with Gasteiger partial charge in [0, 0.05) is 0 Å². The lowest BCUT2D eigenvalue weighted by molar-refractivity contribution is -0.147. The highest BCUT2D eigenvalue weighted by atomic mass is 16.5. The first-order chi connectivity index (χ1) is 6.26. The van der Waals surface area contributed by atoms with E-state index in [1.54, 1.807) is 0 Å². The number of hydrogen-bond donors (Lipinski definition) is 1. The second-order valence-corrected chi connectivity index (χ2v) is 4.35. The fraction of sp³-hybridized carbons (Fsp3) is 0.900. The third-order valence-corrected chi connectivity index (χ3v) is 3.81. The molecular formula is C10H17NO2. The Kier molecular flexibility index (Phi) is 2.28. The van der Waals surface area contributed by atoms with Gasteiger partial charge in [0.1, 0.15) is 0 Å². The van der Waals surface area contributed by atoms with Gasteiger partial charge in [-0.15, -0.1) is 0 Å². The Balaban J connectivity index is 1.99. The topological polar surface area (TPSA) is 52.3 Å². The van der Waals surface area contributed by atoms with Gasteiger partial charge in [0.05, 0.1) is 13.0 Å². The zero-order valence-electron chi connectivity index (χ0n) is 8.03. The van der Waals surface area contributed by atoms with Gasteiger partial charge in [-0.2, -0.15) is 0 Å². The summed E-state index contributed by atoms with van der Waals surface area (Å²) in [6, 6.07) is 0. The first kappa shape index (κ1) is 9.00. The lowest BCUT2D eigenvalue weighted by Crippen LogP contribution is -2.28. The van der Waals surface area contributed by atoms with Crippen LogP contribution in [0.2, 0.25) is 0 Å². The van der Waals surface area contributed by atoms with Crippen LogP contribution in [0.5, 0.6) is 0 Å². The standard InChI is InChI=1S/C10H17NO2/c1-13-10(12)9-4-6-2-7(9)3-8(6)5-11/h6-9H,2-5,11H2,1H3. The molecule has 2 aliphatic carbocycles. The molecule has 3 nitrogen and oxygen atoms in total. The molecule has 0 radical (unpaired) electrons. The number of rotatable bonds is 2. The maximum atomic E-state index is 11.3. The molecule has 3 heteroatoms. The van der Waals surface area contributed by atoms with Crippen LogP contribution in [0, 0.1) is 23.7 Å². The summed E-state index contributed by atoms with van der Waals surface area (Å²) in [5.74, 6) is 2.09. The largest absolute Gasteiger partial charge is 0.469 e. The van der Waals surface area contributed by atoms with Gasteiger partial charge < -0.3 is 10.5 Å². The van der Waals surface area contributed by atoms with Crippen LogP contribution >= 0.6 is 0 Å². The van der Waals surface area contributed by atoms with Crippen LogP contribution in [0.4, 0.5) is 0 Å². The number of carbonyl (C=O) groups excluding carboxylic acids is 1. The summed E-state index contributed by atoms with van der Waals surface area (Å²) in [5, 5.41) is 0. The van der Waals surface area contributed by atoms with Gasteiger partial charge >= 0.3 is 5.97 Å². The van der Waals surface area contributed by atoms with Crippen LogP contribution in [0.3, 0.4) is 0 Å². The van der Waals surface area contributed by atoms with E-state index in [0.29, 0.717) is 17.8 Å². The SMILES string of the molecule is COC(=O)C1CC2CC1CC2CN. The van der Waals surface area contributed by atoms with Crippen LogP contribution in [-0.2, 0) is 9.53 Å². The second kappa shape index (κ2) is 3.29. The van der Waals surface area contributed by atoms with E-state index in [0.717, 1.165) is 19.4 Å². The van der Waals surface area contributed by atoms with Crippen molar-refractivity contribution >= 4 is 5.97 Å². The monoisotopic (exact) mass is 183 g/mol. The van der Waals surface area contributed by atoms with E-state index in [-0.39, 0.29) is 11.9 Å². The average Bonchev–Trinajstić information content (AvgIpc) is 2.74. The van der Waals surface area contributed by atoms with E-state index in [1.807, 2.05) is 0 Å². The molecular weight excluding hydrogens is 166 g/mol. The van der Waals surface area contributed by atoms with Crippen molar-refractivity contribution in [3.63, 3.8) is 0 Å². The minimum absolute atomic E-state index is 0.0111. The highest BCUT2D eigenvalue weighted by Gasteiger charge is 2.48. The molecule has 0 heterocycles. The summed E-state index contributed by atoms with van der Waals surface area (Å²) in [6.45, 7) is 0.787. The van der Waals surface area contributed by atoms with E-state index in [9.17, 15) is 4.79 Å². The number of nitrogens with two attached hydrogens (primary N) is 1. The minimum Gasteiger partial charge on any atom is -0.469 e. The molecule has 0 aliphatic heterocycles.